The summed E-state index contributed by atoms with van der Waals surface area (Å²) in [6, 6.07) is 13.7. The van der Waals surface area contributed by atoms with Crippen LogP contribution in [0.1, 0.15) is 69.2 Å². The number of aromatic nitrogens is 2. The fourth-order valence-electron chi connectivity index (χ4n) is 4.33. The Bertz CT molecular complexity index is 1120. The van der Waals surface area contributed by atoms with E-state index >= 15 is 0 Å². The Morgan fingerprint density at radius 1 is 1.18 bits per heavy atom. The van der Waals surface area contributed by atoms with Crippen LogP contribution in [0.4, 0.5) is 5.69 Å². The standard InChI is InChI=1S/C26H31IN4O2/c1-3-4-7-17(2)26(33)31(27)21-13-10-18(11-14-21)24-29-22-15-12-19(16-23(22)30-24)25(32)28-20-8-5-6-9-20/h10-17,20H,3-9H2,1-2H3,(H,28,32)(H,29,30). The number of imidazole rings is 1. The number of H-pyrrole nitrogens is 1. The van der Waals surface area contributed by atoms with Crippen molar-refractivity contribution in [1.82, 2.24) is 15.3 Å². The highest BCUT2D eigenvalue weighted by atomic mass is 127. The van der Waals surface area contributed by atoms with Gasteiger partial charge in [-0.05, 0) is 61.7 Å². The minimum absolute atomic E-state index is 0.0111. The van der Waals surface area contributed by atoms with Gasteiger partial charge in [-0.25, -0.2) is 4.98 Å². The highest BCUT2D eigenvalue weighted by Crippen LogP contribution is 2.27. The Kier molecular flexibility index (Phi) is 7.67. The van der Waals surface area contributed by atoms with Crippen molar-refractivity contribution in [3.63, 3.8) is 0 Å². The van der Waals surface area contributed by atoms with Gasteiger partial charge in [0.05, 0.1) is 39.6 Å². The predicted molar refractivity (Wildman–Crippen MR) is 141 cm³/mol. The van der Waals surface area contributed by atoms with Crippen LogP contribution in [0.5, 0.6) is 0 Å². The van der Waals surface area contributed by atoms with E-state index < -0.39 is 0 Å². The molecule has 174 valence electrons. The minimum atomic E-state index is -0.0238. The van der Waals surface area contributed by atoms with Gasteiger partial charge in [0.2, 0.25) is 5.91 Å². The molecule has 1 aliphatic rings. The van der Waals surface area contributed by atoms with Crippen LogP contribution >= 0.6 is 22.9 Å². The Morgan fingerprint density at radius 2 is 1.91 bits per heavy atom. The van der Waals surface area contributed by atoms with Crippen LogP contribution < -0.4 is 8.43 Å². The molecule has 0 saturated heterocycles. The molecule has 6 nitrogen and oxygen atoms in total. The van der Waals surface area contributed by atoms with Crippen LogP contribution in [0.3, 0.4) is 0 Å². The van der Waals surface area contributed by atoms with Crippen LogP contribution in [0.15, 0.2) is 42.5 Å². The lowest BCUT2D eigenvalue weighted by atomic mass is 10.0. The SMILES string of the molecule is CCCCC(C)C(=O)N(I)c1ccc(-c2nc3ccc(C(=O)NC4CCCC4)cc3[nH]2)cc1. The first kappa shape index (κ1) is 23.7. The molecule has 1 fully saturated rings. The third kappa shape index (κ3) is 5.57. The van der Waals surface area contributed by atoms with Crippen molar-refractivity contribution in [3.05, 3.63) is 48.0 Å². The molecule has 4 rings (SSSR count). The minimum Gasteiger partial charge on any atom is -0.349 e. The molecule has 0 radical (unpaired) electrons. The van der Waals surface area contributed by atoms with Gasteiger partial charge < -0.3 is 10.3 Å². The number of benzene rings is 2. The molecule has 1 unspecified atom stereocenters. The van der Waals surface area contributed by atoms with Gasteiger partial charge in [0.15, 0.2) is 0 Å². The van der Waals surface area contributed by atoms with Gasteiger partial charge in [0.1, 0.15) is 5.82 Å². The number of amides is 2. The van der Waals surface area contributed by atoms with E-state index in [1.807, 2.05) is 49.4 Å². The molecule has 0 aliphatic heterocycles. The van der Waals surface area contributed by atoms with Crippen LogP contribution in [0.2, 0.25) is 0 Å². The molecule has 1 aliphatic carbocycles. The molecule has 7 heteroatoms. The zero-order valence-corrected chi connectivity index (χ0v) is 21.4. The second kappa shape index (κ2) is 10.7. The first-order valence-corrected chi connectivity index (χ1v) is 12.8. The van der Waals surface area contributed by atoms with E-state index in [0.717, 1.165) is 60.2 Å². The second-order valence-electron chi connectivity index (χ2n) is 8.98. The monoisotopic (exact) mass is 558 g/mol. The molecule has 2 aromatic carbocycles. The molecule has 1 saturated carbocycles. The number of unbranched alkanes of at least 4 members (excludes halogenated alkanes) is 1. The van der Waals surface area contributed by atoms with Crippen molar-refractivity contribution in [2.45, 2.75) is 64.8 Å². The lowest BCUT2D eigenvalue weighted by Crippen LogP contribution is -2.32. The quantitative estimate of drug-likeness (QED) is 0.248. The molecule has 1 aromatic heterocycles. The molecule has 33 heavy (non-hydrogen) atoms. The van der Waals surface area contributed by atoms with Crippen molar-refractivity contribution < 1.29 is 9.59 Å². The summed E-state index contributed by atoms with van der Waals surface area (Å²) in [6.45, 7) is 4.14. The first-order valence-electron chi connectivity index (χ1n) is 11.9. The highest BCUT2D eigenvalue weighted by Gasteiger charge is 2.20. The number of carbonyl (C=O) groups is 2. The maximum absolute atomic E-state index is 12.7. The predicted octanol–water partition coefficient (Wildman–Crippen LogP) is 6.41. The average molecular weight is 558 g/mol. The number of fused-ring (bicyclic) bond motifs is 1. The Labute approximate surface area is 209 Å². The van der Waals surface area contributed by atoms with Gasteiger partial charge in [0.25, 0.3) is 5.91 Å². The van der Waals surface area contributed by atoms with Gasteiger partial charge in [-0.1, -0.05) is 39.5 Å². The summed E-state index contributed by atoms with van der Waals surface area (Å²) in [5, 5.41) is 3.14. The lowest BCUT2D eigenvalue weighted by Gasteiger charge is -2.19. The normalized spacial score (nSPS) is 15.0. The fourth-order valence-corrected chi connectivity index (χ4v) is 5.13. The van der Waals surface area contributed by atoms with Crippen LogP contribution in [-0.2, 0) is 4.79 Å². The Morgan fingerprint density at radius 3 is 2.61 bits per heavy atom. The van der Waals surface area contributed by atoms with Crippen molar-refractivity contribution in [1.29, 1.82) is 0 Å². The van der Waals surface area contributed by atoms with Crippen molar-refractivity contribution >= 4 is 51.4 Å². The molecule has 3 aromatic rings. The molecule has 2 N–H and O–H groups in total. The van der Waals surface area contributed by atoms with Crippen LogP contribution in [0.25, 0.3) is 22.4 Å². The van der Waals surface area contributed by atoms with Gasteiger partial charge in [0, 0.05) is 23.1 Å². The zero-order chi connectivity index (χ0) is 23.4. The van der Waals surface area contributed by atoms with Gasteiger partial charge in [-0.15, -0.1) is 0 Å². The molecule has 1 heterocycles. The third-order valence-electron chi connectivity index (χ3n) is 6.41. The molecule has 1 atom stereocenters. The summed E-state index contributed by atoms with van der Waals surface area (Å²) in [5.41, 5.74) is 4.10. The van der Waals surface area contributed by atoms with E-state index in [0.29, 0.717) is 11.6 Å². The Hall–Kier alpha value is -2.42. The van der Waals surface area contributed by atoms with Crippen molar-refractivity contribution in [3.8, 4) is 11.4 Å². The van der Waals surface area contributed by atoms with E-state index in [1.54, 1.807) is 3.11 Å². The molecule has 0 bridgehead atoms. The van der Waals surface area contributed by atoms with E-state index in [2.05, 4.69) is 45.1 Å². The largest absolute Gasteiger partial charge is 0.349 e. The average Bonchev–Trinajstić information content (AvgIpc) is 3.50. The second-order valence-corrected chi connectivity index (χ2v) is 9.95. The molecular weight excluding hydrogens is 527 g/mol. The van der Waals surface area contributed by atoms with Crippen molar-refractivity contribution in [2.24, 2.45) is 5.92 Å². The summed E-state index contributed by atoms with van der Waals surface area (Å²) >= 11 is 2.09. The number of anilines is 1. The number of carbonyl (C=O) groups excluding carboxylic acids is 2. The van der Waals surface area contributed by atoms with Crippen LogP contribution in [0, 0.1) is 5.92 Å². The van der Waals surface area contributed by atoms with E-state index in [1.165, 1.54) is 12.8 Å². The Balaban J connectivity index is 1.47. The summed E-state index contributed by atoms with van der Waals surface area (Å²) in [4.78, 5) is 33.3. The number of hydrogen-bond acceptors (Lipinski definition) is 3. The molecule has 0 spiro atoms. The van der Waals surface area contributed by atoms with Gasteiger partial charge in [-0.2, -0.15) is 0 Å². The van der Waals surface area contributed by atoms with Gasteiger partial charge >= 0.3 is 0 Å². The third-order valence-corrected chi connectivity index (χ3v) is 7.44. The number of aromatic amines is 1. The van der Waals surface area contributed by atoms with E-state index in [9.17, 15) is 9.59 Å². The molecular formula is C26H31IN4O2. The molecule has 2 amide bonds. The highest BCUT2D eigenvalue weighted by molar-refractivity contribution is 14.1. The fraction of sp³-hybridized carbons (Fsp3) is 0.423. The number of hydrogen-bond donors (Lipinski definition) is 2. The number of rotatable bonds is 8. The van der Waals surface area contributed by atoms with Crippen molar-refractivity contribution in [2.75, 3.05) is 3.11 Å². The van der Waals surface area contributed by atoms with Crippen LogP contribution in [-0.4, -0.2) is 27.8 Å². The van der Waals surface area contributed by atoms with E-state index in [-0.39, 0.29) is 17.7 Å². The first-order chi connectivity index (χ1) is 16.0. The summed E-state index contributed by atoms with van der Waals surface area (Å²) in [7, 11) is 0. The lowest BCUT2D eigenvalue weighted by molar-refractivity contribution is -0.120. The number of nitrogens with zero attached hydrogens (tertiary/aromatic N) is 2. The summed E-state index contributed by atoms with van der Waals surface area (Å²) in [6.07, 6.45) is 7.57. The number of halogens is 1. The zero-order valence-electron chi connectivity index (χ0n) is 19.2. The number of nitrogens with one attached hydrogen (secondary N) is 2. The maximum Gasteiger partial charge on any atom is 0.251 e. The summed E-state index contributed by atoms with van der Waals surface area (Å²) in [5.74, 6) is 0.859. The smallest absolute Gasteiger partial charge is 0.251 e. The van der Waals surface area contributed by atoms with E-state index in [4.69, 9.17) is 0 Å². The van der Waals surface area contributed by atoms with Gasteiger partial charge in [-0.3, -0.25) is 12.7 Å². The maximum atomic E-state index is 12.7. The summed E-state index contributed by atoms with van der Waals surface area (Å²) < 4.78 is 1.70. The topological polar surface area (TPSA) is 78.1 Å².